The Morgan fingerprint density at radius 3 is 3.19 bits per heavy atom. The van der Waals surface area contributed by atoms with Crippen molar-refractivity contribution in [3.05, 3.63) is 52.2 Å². The Morgan fingerprint density at radius 2 is 2.43 bits per heavy atom. The maximum Gasteiger partial charge on any atom is 0.254 e. The number of nitrogens with zero attached hydrogens (tertiary/aromatic N) is 2. The molecule has 1 aliphatic heterocycles. The summed E-state index contributed by atoms with van der Waals surface area (Å²) in [5.74, 6) is -0.944. The molecule has 110 valence electrons. The van der Waals surface area contributed by atoms with E-state index in [0.717, 1.165) is 32.3 Å². The van der Waals surface area contributed by atoms with E-state index in [1.54, 1.807) is 11.3 Å². The number of aromatic nitrogens is 1. The van der Waals surface area contributed by atoms with Crippen molar-refractivity contribution in [1.82, 2.24) is 15.2 Å². The Bertz CT molecular complexity index is 617. The maximum atomic E-state index is 13.5. The summed E-state index contributed by atoms with van der Waals surface area (Å²) in [5.41, 5.74) is 1.36. The van der Waals surface area contributed by atoms with E-state index < -0.39 is 5.82 Å². The molecule has 1 N–H and O–H groups in total. The number of nitrogens with one attached hydrogen (secondary N) is 1. The van der Waals surface area contributed by atoms with Crippen LogP contribution in [0.2, 0.25) is 0 Å². The molecule has 3 heterocycles. The Hall–Kier alpha value is -1.79. The van der Waals surface area contributed by atoms with Gasteiger partial charge in [-0.3, -0.25) is 14.7 Å². The van der Waals surface area contributed by atoms with Crippen LogP contribution in [0.1, 0.15) is 22.3 Å². The van der Waals surface area contributed by atoms with E-state index in [4.69, 9.17) is 0 Å². The van der Waals surface area contributed by atoms with E-state index in [2.05, 4.69) is 32.0 Å². The molecule has 4 nitrogen and oxygen atoms in total. The monoisotopic (exact) mass is 305 g/mol. The minimum Gasteiger partial charge on any atom is -0.348 e. The smallest absolute Gasteiger partial charge is 0.254 e. The van der Waals surface area contributed by atoms with Crippen molar-refractivity contribution >= 4 is 17.2 Å². The number of carbonyl (C=O) groups excluding carboxylic acids is 1. The van der Waals surface area contributed by atoms with Crippen molar-refractivity contribution in [2.75, 3.05) is 13.1 Å². The lowest BCUT2D eigenvalue weighted by Gasteiger charge is -2.16. The zero-order valence-corrected chi connectivity index (χ0v) is 12.3. The van der Waals surface area contributed by atoms with Crippen molar-refractivity contribution in [2.45, 2.75) is 19.0 Å². The average molecular weight is 305 g/mol. The molecule has 0 saturated carbocycles. The van der Waals surface area contributed by atoms with Gasteiger partial charge in [0.25, 0.3) is 5.91 Å². The van der Waals surface area contributed by atoms with Crippen LogP contribution in [0.3, 0.4) is 0 Å². The summed E-state index contributed by atoms with van der Waals surface area (Å²) in [6, 6.07) is 3.59. The van der Waals surface area contributed by atoms with E-state index in [-0.39, 0.29) is 17.5 Å². The number of carbonyl (C=O) groups is 1. The Morgan fingerprint density at radius 1 is 1.52 bits per heavy atom. The van der Waals surface area contributed by atoms with Crippen LogP contribution in [-0.4, -0.2) is 34.9 Å². The average Bonchev–Trinajstić information content (AvgIpc) is 3.12. The first-order chi connectivity index (χ1) is 10.2. The van der Waals surface area contributed by atoms with Crippen LogP contribution in [-0.2, 0) is 6.54 Å². The quantitative estimate of drug-likeness (QED) is 0.942. The number of thiophene rings is 1. The van der Waals surface area contributed by atoms with Gasteiger partial charge in [-0.2, -0.15) is 11.3 Å². The van der Waals surface area contributed by atoms with Gasteiger partial charge < -0.3 is 5.32 Å². The zero-order valence-electron chi connectivity index (χ0n) is 11.5. The van der Waals surface area contributed by atoms with Gasteiger partial charge in [-0.05, 0) is 34.9 Å². The molecule has 1 saturated heterocycles. The second kappa shape index (κ2) is 6.32. The SMILES string of the molecule is O=C(NC1CCN(Cc2ccsc2)C1)c1ccncc1F. The molecular weight excluding hydrogens is 289 g/mol. The van der Waals surface area contributed by atoms with Gasteiger partial charge in [0.05, 0.1) is 11.8 Å². The fraction of sp³-hybridized carbons (Fsp3) is 0.333. The highest BCUT2D eigenvalue weighted by Crippen LogP contribution is 2.16. The minimum atomic E-state index is -0.580. The molecule has 1 amide bonds. The Balaban J connectivity index is 1.55. The van der Waals surface area contributed by atoms with Crippen molar-refractivity contribution in [1.29, 1.82) is 0 Å². The highest BCUT2D eigenvalue weighted by atomic mass is 32.1. The number of likely N-dealkylation sites (tertiary alicyclic amines) is 1. The van der Waals surface area contributed by atoms with Crippen LogP contribution in [0.25, 0.3) is 0 Å². The van der Waals surface area contributed by atoms with E-state index in [0.29, 0.717) is 0 Å². The Labute approximate surface area is 126 Å². The van der Waals surface area contributed by atoms with Crippen LogP contribution in [0.5, 0.6) is 0 Å². The van der Waals surface area contributed by atoms with Crippen LogP contribution in [0, 0.1) is 5.82 Å². The number of rotatable bonds is 4. The van der Waals surface area contributed by atoms with Crippen LogP contribution in [0.15, 0.2) is 35.3 Å². The van der Waals surface area contributed by atoms with Gasteiger partial charge in [0, 0.05) is 31.9 Å². The van der Waals surface area contributed by atoms with Crippen molar-refractivity contribution < 1.29 is 9.18 Å². The molecule has 1 fully saturated rings. The molecule has 2 aromatic heterocycles. The normalized spacial score (nSPS) is 18.8. The molecule has 0 bridgehead atoms. The molecule has 21 heavy (non-hydrogen) atoms. The number of hydrogen-bond acceptors (Lipinski definition) is 4. The van der Waals surface area contributed by atoms with Gasteiger partial charge in [0.1, 0.15) is 0 Å². The first kappa shape index (κ1) is 14.2. The van der Waals surface area contributed by atoms with E-state index in [9.17, 15) is 9.18 Å². The van der Waals surface area contributed by atoms with Crippen molar-refractivity contribution in [3.8, 4) is 0 Å². The molecular formula is C15H16FN3OS. The minimum absolute atomic E-state index is 0.0567. The van der Waals surface area contributed by atoms with Gasteiger partial charge >= 0.3 is 0 Å². The predicted octanol–water partition coefficient (Wildman–Crippen LogP) is 2.29. The summed E-state index contributed by atoms with van der Waals surface area (Å²) in [5, 5.41) is 7.10. The lowest BCUT2D eigenvalue weighted by molar-refractivity contribution is 0.0933. The number of amides is 1. The van der Waals surface area contributed by atoms with E-state index in [1.807, 2.05) is 0 Å². The third-order valence-electron chi connectivity index (χ3n) is 3.61. The van der Waals surface area contributed by atoms with Crippen LogP contribution >= 0.6 is 11.3 Å². The van der Waals surface area contributed by atoms with Gasteiger partial charge in [-0.15, -0.1) is 0 Å². The summed E-state index contributed by atoms with van der Waals surface area (Å²) >= 11 is 1.69. The topological polar surface area (TPSA) is 45.2 Å². The molecule has 0 aromatic carbocycles. The maximum absolute atomic E-state index is 13.5. The van der Waals surface area contributed by atoms with Gasteiger partial charge in [-0.25, -0.2) is 4.39 Å². The second-order valence-electron chi connectivity index (χ2n) is 5.18. The van der Waals surface area contributed by atoms with Crippen LogP contribution < -0.4 is 5.32 Å². The van der Waals surface area contributed by atoms with Gasteiger partial charge in [0.2, 0.25) is 0 Å². The molecule has 0 aliphatic carbocycles. The molecule has 1 unspecified atom stereocenters. The fourth-order valence-corrected chi connectivity index (χ4v) is 3.22. The number of pyridine rings is 1. The molecule has 3 rings (SSSR count). The lowest BCUT2D eigenvalue weighted by Crippen LogP contribution is -2.37. The molecule has 1 aliphatic rings. The highest BCUT2D eigenvalue weighted by molar-refractivity contribution is 7.07. The fourth-order valence-electron chi connectivity index (χ4n) is 2.56. The summed E-state index contributed by atoms with van der Waals surface area (Å²) in [6.07, 6.45) is 3.38. The lowest BCUT2D eigenvalue weighted by atomic mass is 10.2. The van der Waals surface area contributed by atoms with E-state index in [1.165, 1.54) is 17.8 Å². The van der Waals surface area contributed by atoms with E-state index >= 15 is 0 Å². The summed E-state index contributed by atoms with van der Waals surface area (Å²) in [7, 11) is 0. The summed E-state index contributed by atoms with van der Waals surface area (Å²) < 4.78 is 13.5. The van der Waals surface area contributed by atoms with Gasteiger partial charge in [0.15, 0.2) is 5.82 Å². The predicted molar refractivity (Wildman–Crippen MR) is 79.7 cm³/mol. The zero-order chi connectivity index (χ0) is 14.7. The highest BCUT2D eigenvalue weighted by Gasteiger charge is 2.25. The van der Waals surface area contributed by atoms with Crippen molar-refractivity contribution in [3.63, 3.8) is 0 Å². The number of halogens is 1. The first-order valence-electron chi connectivity index (χ1n) is 6.86. The number of hydrogen-bond donors (Lipinski definition) is 1. The largest absolute Gasteiger partial charge is 0.348 e. The van der Waals surface area contributed by atoms with Crippen molar-refractivity contribution in [2.24, 2.45) is 0 Å². The second-order valence-corrected chi connectivity index (χ2v) is 5.96. The van der Waals surface area contributed by atoms with Crippen LogP contribution in [0.4, 0.5) is 4.39 Å². The first-order valence-corrected chi connectivity index (χ1v) is 7.80. The molecule has 2 aromatic rings. The standard InChI is InChI=1S/C15H16FN3OS/c16-14-7-17-4-1-13(14)15(20)18-12-2-5-19(9-12)8-11-3-6-21-10-11/h1,3-4,6-7,10,12H,2,5,8-9H2,(H,18,20). The molecule has 0 radical (unpaired) electrons. The summed E-state index contributed by atoms with van der Waals surface area (Å²) in [4.78, 5) is 18.0. The molecule has 0 spiro atoms. The van der Waals surface area contributed by atoms with Gasteiger partial charge in [-0.1, -0.05) is 0 Å². The molecule has 1 atom stereocenters. The third-order valence-corrected chi connectivity index (χ3v) is 4.34. The summed E-state index contributed by atoms with van der Waals surface area (Å²) in [6.45, 7) is 2.65. The Kier molecular flexibility index (Phi) is 4.26. The molecule has 6 heteroatoms. The third kappa shape index (κ3) is 3.46.